The van der Waals surface area contributed by atoms with Gasteiger partial charge in [0.15, 0.2) is 0 Å². The van der Waals surface area contributed by atoms with Crippen molar-refractivity contribution in [2.45, 2.75) is 16.0 Å². The molecule has 0 aromatic carbocycles. The highest BCUT2D eigenvalue weighted by Crippen LogP contribution is 2.61. The molecule has 2 bridgehead atoms. The molecule has 5 atom stereocenters. The van der Waals surface area contributed by atoms with Gasteiger partial charge in [-0.2, -0.15) is 0 Å². The number of cyclic esters (lactones) is 1. The van der Waals surface area contributed by atoms with Gasteiger partial charge in [-0.3, -0.25) is 4.79 Å². The summed E-state index contributed by atoms with van der Waals surface area (Å²) >= 11 is 17.2. The van der Waals surface area contributed by atoms with Crippen LogP contribution in [0.2, 0.25) is 0 Å². The number of carbonyl (C=O) groups is 1. The van der Waals surface area contributed by atoms with Crippen molar-refractivity contribution in [1.82, 2.24) is 0 Å². The zero-order valence-corrected chi connectivity index (χ0v) is 10.3. The lowest BCUT2D eigenvalue weighted by molar-refractivity contribution is -0.202. The van der Waals surface area contributed by atoms with Gasteiger partial charge in [0.05, 0.1) is 5.92 Å². The standard InChI is InChI=1S/C10H9Cl3O3/c11-10(12,13)9(15)7-5-2-1-4(3-5)6(7)8(14)16-9/h1-2,4-7,15H,3H2/t4-,5+,6+,7+,9-/m0/s1. The Balaban J connectivity index is 2.06. The van der Waals surface area contributed by atoms with Crippen molar-refractivity contribution < 1.29 is 14.6 Å². The van der Waals surface area contributed by atoms with Gasteiger partial charge in [-0.05, 0) is 18.3 Å². The monoisotopic (exact) mass is 282 g/mol. The summed E-state index contributed by atoms with van der Waals surface area (Å²) in [6, 6.07) is 0. The normalized spacial score (nSPS) is 49.6. The maximum atomic E-state index is 11.7. The van der Waals surface area contributed by atoms with Crippen molar-refractivity contribution in [3.63, 3.8) is 0 Å². The summed E-state index contributed by atoms with van der Waals surface area (Å²) in [4.78, 5) is 11.7. The Morgan fingerprint density at radius 2 is 2.00 bits per heavy atom. The first kappa shape index (κ1) is 11.1. The lowest BCUT2D eigenvalue weighted by Crippen LogP contribution is -2.50. The number of rotatable bonds is 0. The van der Waals surface area contributed by atoms with Gasteiger partial charge in [-0.25, -0.2) is 0 Å². The van der Waals surface area contributed by atoms with Gasteiger partial charge in [0.25, 0.3) is 9.58 Å². The van der Waals surface area contributed by atoms with Crippen LogP contribution in [0.3, 0.4) is 0 Å². The Morgan fingerprint density at radius 3 is 2.62 bits per heavy atom. The lowest BCUT2D eigenvalue weighted by Gasteiger charge is -2.35. The molecule has 6 heteroatoms. The van der Waals surface area contributed by atoms with E-state index in [-0.39, 0.29) is 17.8 Å². The van der Waals surface area contributed by atoms with Gasteiger partial charge in [-0.1, -0.05) is 47.0 Å². The van der Waals surface area contributed by atoms with Crippen LogP contribution in [0.4, 0.5) is 0 Å². The minimum Gasteiger partial charge on any atom is -0.428 e. The molecule has 0 amide bonds. The third-order valence-corrected chi connectivity index (χ3v) is 4.66. The summed E-state index contributed by atoms with van der Waals surface area (Å²) in [6.45, 7) is 0. The number of hydrogen-bond donors (Lipinski definition) is 1. The summed E-state index contributed by atoms with van der Waals surface area (Å²) in [5.41, 5.74) is 0. The smallest absolute Gasteiger partial charge is 0.312 e. The number of allylic oxidation sites excluding steroid dienone is 2. The topological polar surface area (TPSA) is 46.5 Å². The van der Waals surface area contributed by atoms with Crippen molar-refractivity contribution in [1.29, 1.82) is 0 Å². The molecular weight excluding hydrogens is 274 g/mol. The van der Waals surface area contributed by atoms with Crippen LogP contribution in [0.15, 0.2) is 12.2 Å². The van der Waals surface area contributed by atoms with Crippen LogP contribution in [-0.2, 0) is 9.53 Å². The first-order valence-corrected chi connectivity index (χ1v) is 6.18. The third-order valence-electron chi connectivity index (χ3n) is 3.85. The number of carbonyl (C=O) groups excluding carboxylic acids is 1. The Morgan fingerprint density at radius 1 is 1.38 bits per heavy atom. The zero-order valence-electron chi connectivity index (χ0n) is 8.07. The molecule has 0 radical (unpaired) electrons. The maximum absolute atomic E-state index is 11.7. The number of aliphatic hydroxyl groups is 1. The van der Waals surface area contributed by atoms with Gasteiger partial charge in [-0.15, -0.1) is 0 Å². The highest BCUT2D eigenvalue weighted by molar-refractivity contribution is 6.68. The fraction of sp³-hybridized carbons (Fsp3) is 0.700. The summed E-state index contributed by atoms with van der Waals surface area (Å²) in [5.74, 6) is -3.09. The van der Waals surface area contributed by atoms with E-state index in [1.807, 2.05) is 12.2 Å². The molecule has 2 aliphatic carbocycles. The van der Waals surface area contributed by atoms with E-state index >= 15 is 0 Å². The highest BCUT2D eigenvalue weighted by Gasteiger charge is 2.71. The van der Waals surface area contributed by atoms with Gasteiger partial charge in [0.1, 0.15) is 0 Å². The minimum absolute atomic E-state index is 0.0575. The van der Waals surface area contributed by atoms with E-state index in [1.54, 1.807) is 0 Å². The Bertz CT molecular complexity index is 389. The largest absolute Gasteiger partial charge is 0.428 e. The van der Waals surface area contributed by atoms with Gasteiger partial charge < -0.3 is 9.84 Å². The highest BCUT2D eigenvalue weighted by atomic mass is 35.6. The van der Waals surface area contributed by atoms with E-state index < -0.39 is 21.5 Å². The molecule has 0 unspecified atom stereocenters. The Hall–Kier alpha value is 0.0400. The van der Waals surface area contributed by atoms with Crippen LogP contribution in [0.1, 0.15) is 6.42 Å². The lowest BCUT2D eigenvalue weighted by atomic mass is 9.80. The van der Waals surface area contributed by atoms with Crippen molar-refractivity contribution in [2.24, 2.45) is 23.7 Å². The molecule has 1 N–H and O–H groups in total. The van der Waals surface area contributed by atoms with Crippen LogP contribution in [-0.4, -0.2) is 20.7 Å². The molecule has 1 saturated heterocycles. The van der Waals surface area contributed by atoms with Crippen LogP contribution < -0.4 is 0 Å². The summed E-state index contributed by atoms with van der Waals surface area (Å²) < 4.78 is 2.93. The second-order valence-electron chi connectivity index (χ2n) is 4.62. The Kier molecular flexibility index (Phi) is 2.14. The predicted octanol–water partition coefficient (Wildman–Crippen LogP) is 2.04. The summed E-state index contributed by atoms with van der Waals surface area (Å²) in [5, 5.41) is 10.3. The molecule has 16 heavy (non-hydrogen) atoms. The van der Waals surface area contributed by atoms with E-state index in [9.17, 15) is 9.90 Å². The molecule has 1 aliphatic heterocycles. The van der Waals surface area contributed by atoms with E-state index in [0.29, 0.717) is 0 Å². The average molecular weight is 284 g/mol. The van der Waals surface area contributed by atoms with Gasteiger partial charge in [0, 0.05) is 5.92 Å². The number of ether oxygens (including phenoxy) is 1. The molecule has 0 aromatic heterocycles. The number of halogens is 3. The SMILES string of the molecule is O=C1O[C@](O)(C(Cl)(Cl)Cl)[C@H]2[C@H]1[C@H]1C=C[C@@H]2C1. The van der Waals surface area contributed by atoms with E-state index in [4.69, 9.17) is 39.5 Å². The molecular formula is C10H9Cl3O3. The van der Waals surface area contributed by atoms with Crippen LogP contribution in [0.5, 0.6) is 0 Å². The molecule has 3 aliphatic rings. The fourth-order valence-corrected chi connectivity index (χ4v) is 3.71. The molecule has 0 spiro atoms. The first-order chi connectivity index (χ1) is 7.34. The molecule has 2 fully saturated rings. The number of fused-ring (bicyclic) bond motifs is 5. The maximum Gasteiger partial charge on any atom is 0.312 e. The quantitative estimate of drug-likeness (QED) is 0.420. The van der Waals surface area contributed by atoms with Crippen molar-refractivity contribution >= 4 is 40.8 Å². The third kappa shape index (κ3) is 1.18. The molecule has 3 nitrogen and oxygen atoms in total. The summed E-state index contributed by atoms with van der Waals surface area (Å²) in [6.07, 6.45) is 4.78. The molecule has 0 aromatic rings. The predicted molar refractivity (Wildman–Crippen MR) is 59.0 cm³/mol. The van der Waals surface area contributed by atoms with E-state index in [1.165, 1.54) is 0 Å². The van der Waals surface area contributed by atoms with Crippen molar-refractivity contribution in [2.75, 3.05) is 0 Å². The second-order valence-corrected chi connectivity index (χ2v) is 6.90. The Labute approximate surface area is 107 Å². The fourth-order valence-electron chi connectivity index (χ4n) is 3.21. The minimum atomic E-state index is -2.01. The number of esters is 1. The average Bonchev–Trinajstić information content (AvgIpc) is 2.77. The first-order valence-electron chi connectivity index (χ1n) is 5.05. The molecule has 88 valence electrons. The number of alkyl halides is 3. The molecule has 1 saturated carbocycles. The van der Waals surface area contributed by atoms with Crippen LogP contribution >= 0.6 is 34.8 Å². The molecule has 1 heterocycles. The molecule has 3 rings (SSSR count). The zero-order chi connectivity index (χ0) is 11.7. The van der Waals surface area contributed by atoms with Gasteiger partial charge in [0.2, 0.25) is 0 Å². The van der Waals surface area contributed by atoms with E-state index in [0.717, 1.165) is 6.42 Å². The second kappa shape index (κ2) is 3.08. The summed E-state index contributed by atoms with van der Waals surface area (Å²) in [7, 11) is 0. The van der Waals surface area contributed by atoms with Crippen LogP contribution in [0.25, 0.3) is 0 Å². The van der Waals surface area contributed by atoms with E-state index in [2.05, 4.69) is 0 Å². The van der Waals surface area contributed by atoms with Gasteiger partial charge >= 0.3 is 5.97 Å². The van der Waals surface area contributed by atoms with Crippen LogP contribution in [0, 0.1) is 23.7 Å². The van der Waals surface area contributed by atoms with Crippen molar-refractivity contribution in [3.05, 3.63) is 12.2 Å². The van der Waals surface area contributed by atoms with Crippen molar-refractivity contribution in [3.8, 4) is 0 Å². The number of hydrogen-bond acceptors (Lipinski definition) is 3.